The van der Waals surface area contributed by atoms with Gasteiger partial charge in [0.25, 0.3) is 0 Å². The Morgan fingerprint density at radius 2 is 2.33 bits per heavy atom. The van der Waals surface area contributed by atoms with E-state index in [0.717, 1.165) is 51.2 Å². The molecule has 0 bridgehead atoms. The number of carboxylic acid groups (broad SMARTS) is 1. The Hall–Kier alpha value is -0.260. The lowest BCUT2D eigenvalue weighted by Crippen LogP contribution is -2.54. The van der Waals surface area contributed by atoms with Gasteiger partial charge in [-0.2, -0.15) is 11.8 Å². The number of carboxylic acids is 1. The molecule has 1 saturated carbocycles. The minimum Gasteiger partial charge on any atom is -0.480 e. The van der Waals surface area contributed by atoms with Crippen LogP contribution in [0, 0.1) is 5.92 Å². The molecular weight excluding hydrogens is 250 g/mol. The van der Waals surface area contributed by atoms with Crippen molar-refractivity contribution in [3.8, 4) is 0 Å². The van der Waals surface area contributed by atoms with Crippen LogP contribution < -0.4 is 5.32 Å². The highest BCUT2D eigenvalue weighted by atomic mass is 32.2. The highest BCUT2D eigenvalue weighted by Crippen LogP contribution is 2.39. The molecule has 1 aliphatic heterocycles. The molecule has 2 atom stereocenters. The Bertz CT molecular complexity index is 296. The minimum absolute atomic E-state index is 0.281. The molecule has 2 N–H and O–H groups in total. The molecule has 2 unspecified atom stereocenters. The first-order chi connectivity index (χ1) is 8.69. The van der Waals surface area contributed by atoms with Gasteiger partial charge < -0.3 is 15.2 Å². The number of thioether (sulfide) groups is 1. The van der Waals surface area contributed by atoms with Crippen LogP contribution >= 0.6 is 11.8 Å². The third-order valence-electron chi connectivity index (χ3n) is 4.12. The molecule has 0 aromatic carbocycles. The van der Waals surface area contributed by atoms with Gasteiger partial charge in [0.15, 0.2) is 0 Å². The van der Waals surface area contributed by atoms with Gasteiger partial charge in [-0.15, -0.1) is 0 Å². The van der Waals surface area contributed by atoms with Gasteiger partial charge in [-0.1, -0.05) is 13.3 Å². The predicted octanol–water partition coefficient (Wildman–Crippen LogP) is 1.74. The summed E-state index contributed by atoms with van der Waals surface area (Å²) in [4.78, 5) is 11.6. The van der Waals surface area contributed by atoms with Gasteiger partial charge in [0.2, 0.25) is 0 Å². The van der Waals surface area contributed by atoms with Crippen LogP contribution in [-0.2, 0) is 9.53 Å². The van der Waals surface area contributed by atoms with Crippen LogP contribution in [-0.4, -0.2) is 47.4 Å². The van der Waals surface area contributed by atoms with E-state index in [-0.39, 0.29) is 5.92 Å². The summed E-state index contributed by atoms with van der Waals surface area (Å²) >= 11 is 1.93. The zero-order chi connectivity index (χ0) is 13.0. The van der Waals surface area contributed by atoms with E-state index < -0.39 is 11.5 Å². The molecular formula is C13H23NO3S. The average molecular weight is 273 g/mol. The fraction of sp³-hybridized carbons (Fsp3) is 0.923. The van der Waals surface area contributed by atoms with Crippen molar-refractivity contribution >= 4 is 17.7 Å². The number of rotatable bonds is 7. The van der Waals surface area contributed by atoms with Gasteiger partial charge in [-0.05, 0) is 37.5 Å². The molecule has 1 aliphatic carbocycles. The molecule has 104 valence electrons. The number of aliphatic carboxylic acids is 1. The number of hydrogen-bond donors (Lipinski definition) is 2. The summed E-state index contributed by atoms with van der Waals surface area (Å²) in [6.07, 6.45) is 3.85. The maximum Gasteiger partial charge on any atom is 0.324 e. The Morgan fingerprint density at radius 3 is 2.89 bits per heavy atom. The maximum atomic E-state index is 11.6. The quantitative estimate of drug-likeness (QED) is 0.740. The van der Waals surface area contributed by atoms with Gasteiger partial charge in [0.1, 0.15) is 5.54 Å². The minimum atomic E-state index is -0.663. The maximum absolute atomic E-state index is 11.6. The third kappa shape index (κ3) is 2.83. The zero-order valence-corrected chi connectivity index (χ0v) is 11.8. The first-order valence-corrected chi connectivity index (χ1v) is 7.91. The number of nitrogens with one attached hydrogen (secondary N) is 1. The predicted molar refractivity (Wildman–Crippen MR) is 73.1 cm³/mol. The molecule has 5 heteroatoms. The molecule has 0 radical (unpaired) electrons. The molecule has 2 aliphatic rings. The molecule has 0 aromatic heterocycles. The van der Waals surface area contributed by atoms with Crippen molar-refractivity contribution < 1.29 is 14.6 Å². The van der Waals surface area contributed by atoms with E-state index in [4.69, 9.17) is 4.74 Å². The Balaban J connectivity index is 1.85. The summed E-state index contributed by atoms with van der Waals surface area (Å²) in [5.74, 6) is 0.673. The topological polar surface area (TPSA) is 58.6 Å². The molecule has 0 amide bonds. The Kier molecular flexibility index (Phi) is 4.92. The molecule has 0 aromatic rings. The van der Waals surface area contributed by atoms with E-state index in [1.54, 1.807) is 0 Å². The van der Waals surface area contributed by atoms with Gasteiger partial charge >= 0.3 is 5.97 Å². The summed E-state index contributed by atoms with van der Waals surface area (Å²) in [5.41, 5.74) is -0.661. The van der Waals surface area contributed by atoms with Crippen LogP contribution in [0.5, 0.6) is 0 Å². The molecule has 4 nitrogen and oxygen atoms in total. The van der Waals surface area contributed by atoms with Crippen molar-refractivity contribution in [2.45, 2.75) is 43.4 Å². The third-order valence-corrected chi connectivity index (χ3v) is 5.34. The van der Waals surface area contributed by atoms with Crippen LogP contribution in [0.4, 0.5) is 0 Å². The second kappa shape index (κ2) is 6.26. The fourth-order valence-electron chi connectivity index (χ4n) is 3.06. The second-order valence-corrected chi connectivity index (χ2v) is 6.62. The van der Waals surface area contributed by atoms with Crippen LogP contribution in [0.2, 0.25) is 0 Å². The van der Waals surface area contributed by atoms with Crippen molar-refractivity contribution in [2.24, 2.45) is 5.92 Å². The second-order valence-electron chi connectivity index (χ2n) is 5.21. The van der Waals surface area contributed by atoms with E-state index in [9.17, 15) is 9.90 Å². The highest BCUT2D eigenvalue weighted by Gasteiger charge is 2.48. The van der Waals surface area contributed by atoms with Crippen LogP contribution in [0.3, 0.4) is 0 Å². The van der Waals surface area contributed by atoms with Crippen molar-refractivity contribution in [3.05, 3.63) is 0 Å². The molecule has 2 rings (SSSR count). The average Bonchev–Trinajstić information content (AvgIpc) is 2.67. The molecule has 1 heterocycles. The van der Waals surface area contributed by atoms with Crippen LogP contribution in [0.25, 0.3) is 0 Å². The highest BCUT2D eigenvalue weighted by molar-refractivity contribution is 8.00. The molecule has 1 saturated heterocycles. The van der Waals surface area contributed by atoms with E-state index >= 15 is 0 Å². The summed E-state index contributed by atoms with van der Waals surface area (Å²) in [7, 11) is 0. The molecule has 2 fully saturated rings. The summed E-state index contributed by atoms with van der Waals surface area (Å²) in [6, 6.07) is 0. The van der Waals surface area contributed by atoms with Crippen molar-refractivity contribution in [2.75, 3.05) is 25.5 Å². The number of likely N-dealkylation sites (N-methyl/N-ethyl adjacent to an activating group) is 1. The van der Waals surface area contributed by atoms with Gasteiger partial charge in [0, 0.05) is 0 Å². The van der Waals surface area contributed by atoms with Crippen LogP contribution in [0.1, 0.15) is 32.6 Å². The lowest BCUT2D eigenvalue weighted by molar-refractivity contribution is -0.146. The monoisotopic (exact) mass is 273 g/mol. The zero-order valence-electron chi connectivity index (χ0n) is 11.0. The fourth-order valence-corrected chi connectivity index (χ4v) is 4.20. The van der Waals surface area contributed by atoms with Crippen molar-refractivity contribution in [1.82, 2.24) is 5.32 Å². The largest absolute Gasteiger partial charge is 0.480 e. The number of ether oxygens (including phenoxy) is 1. The first-order valence-electron chi connectivity index (χ1n) is 6.87. The SMILES string of the molecule is CCNC1(C(=O)O)CCCC1CCSC1COC1. The summed E-state index contributed by atoms with van der Waals surface area (Å²) in [5, 5.41) is 13.4. The van der Waals surface area contributed by atoms with E-state index in [1.165, 1.54) is 0 Å². The Morgan fingerprint density at radius 1 is 1.56 bits per heavy atom. The standard InChI is InChI=1S/C13H23NO3S/c1-2-14-13(12(15)16)6-3-4-10(13)5-7-18-11-8-17-9-11/h10-11,14H,2-9H2,1H3,(H,15,16). The Labute approximate surface area is 113 Å². The van der Waals surface area contributed by atoms with E-state index in [0.29, 0.717) is 5.25 Å². The van der Waals surface area contributed by atoms with Crippen LogP contribution in [0.15, 0.2) is 0 Å². The lowest BCUT2D eigenvalue weighted by atomic mass is 9.85. The normalized spacial score (nSPS) is 32.4. The lowest BCUT2D eigenvalue weighted by Gasteiger charge is -2.33. The van der Waals surface area contributed by atoms with Gasteiger partial charge in [-0.3, -0.25) is 4.79 Å². The van der Waals surface area contributed by atoms with E-state index in [1.807, 2.05) is 18.7 Å². The first kappa shape index (κ1) is 14.2. The van der Waals surface area contributed by atoms with E-state index in [2.05, 4.69) is 5.32 Å². The van der Waals surface area contributed by atoms with Crippen molar-refractivity contribution in [3.63, 3.8) is 0 Å². The molecule has 0 spiro atoms. The molecule has 18 heavy (non-hydrogen) atoms. The van der Waals surface area contributed by atoms with Gasteiger partial charge in [-0.25, -0.2) is 0 Å². The summed E-state index contributed by atoms with van der Waals surface area (Å²) < 4.78 is 5.15. The summed E-state index contributed by atoms with van der Waals surface area (Å²) in [6.45, 7) is 4.45. The smallest absolute Gasteiger partial charge is 0.324 e. The number of hydrogen-bond acceptors (Lipinski definition) is 4. The van der Waals surface area contributed by atoms with Gasteiger partial charge in [0.05, 0.1) is 18.5 Å². The number of carbonyl (C=O) groups is 1. The van der Waals surface area contributed by atoms with Crippen molar-refractivity contribution in [1.29, 1.82) is 0 Å².